The van der Waals surface area contributed by atoms with Crippen LogP contribution in [-0.2, 0) is 14.3 Å². The highest BCUT2D eigenvalue weighted by molar-refractivity contribution is 6.31. The number of amides is 2. The van der Waals surface area contributed by atoms with E-state index in [4.69, 9.17) is 16.3 Å². The molecule has 0 heterocycles. The van der Waals surface area contributed by atoms with E-state index in [0.717, 1.165) is 11.6 Å². The molecule has 0 aliphatic carbocycles. The van der Waals surface area contributed by atoms with Crippen LogP contribution < -0.4 is 10.6 Å². The molecule has 0 fully saturated rings. The monoisotopic (exact) mass is 392 g/mol. The zero-order valence-corrected chi connectivity index (χ0v) is 15.5. The van der Waals surface area contributed by atoms with Gasteiger partial charge in [0.05, 0.1) is 5.56 Å². The molecular formula is C19H18ClFN2O4. The van der Waals surface area contributed by atoms with E-state index in [2.05, 4.69) is 10.6 Å². The number of carbonyl (C=O) groups is 3. The lowest BCUT2D eigenvalue weighted by atomic mass is 10.2. The molecule has 2 aromatic rings. The highest BCUT2D eigenvalue weighted by Gasteiger charge is 2.19. The number of hydrogen-bond acceptors (Lipinski definition) is 4. The number of hydrogen-bond donors (Lipinski definition) is 2. The Labute approximate surface area is 160 Å². The Balaban J connectivity index is 1.86. The summed E-state index contributed by atoms with van der Waals surface area (Å²) in [5.41, 5.74) is 1.11. The Hall–Kier alpha value is -2.93. The number of rotatable bonds is 6. The van der Waals surface area contributed by atoms with Gasteiger partial charge in [-0.25, -0.2) is 4.39 Å². The molecule has 1 unspecified atom stereocenters. The van der Waals surface area contributed by atoms with E-state index >= 15 is 0 Å². The average Bonchev–Trinajstić information content (AvgIpc) is 2.63. The third-order valence-electron chi connectivity index (χ3n) is 3.65. The first-order valence-corrected chi connectivity index (χ1v) is 8.45. The molecule has 0 aliphatic heterocycles. The standard InChI is InChI=1S/C19H18ClFN2O4/c1-11-7-8-13(20)9-16(11)23-18(25)12(2)27-17(24)10-22-19(26)14-5-3-4-6-15(14)21/h3-9,12H,10H2,1-2H3,(H,22,26)(H,23,25). The number of anilines is 1. The van der Waals surface area contributed by atoms with Crippen LogP contribution in [0, 0.1) is 12.7 Å². The van der Waals surface area contributed by atoms with E-state index in [1.165, 1.54) is 25.1 Å². The van der Waals surface area contributed by atoms with E-state index in [1.54, 1.807) is 25.1 Å². The van der Waals surface area contributed by atoms with Crippen LogP contribution in [0.4, 0.5) is 10.1 Å². The molecule has 0 aromatic heterocycles. The highest BCUT2D eigenvalue weighted by atomic mass is 35.5. The maximum absolute atomic E-state index is 13.5. The van der Waals surface area contributed by atoms with Crippen molar-refractivity contribution >= 4 is 35.1 Å². The quantitative estimate of drug-likeness (QED) is 0.740. The summed E-state index contributed by atoms with van der Waals surface area (Å²) in [6.07, 6.45) is -1.10. The fraction of sp³-hybridized carbons (Fsp3) is 0.211. The molecule has 2 N–H and O–H groups in total. The van der Waals surface area contributed by atoms with E-state index in [0.29, 0.717) is 10.7 Å². The van der Waals surface area contributed by atoms with E-state index in [-0.39, 0.29) is 5.56 Å². The number of halogens is 2. The molecule has 1 atom stereocenters. The van der Waals surface area contributed by atoms with Gasteiger partial charge in [-0.3, -0.25) is 14.4 Å². The Bertz CT molecular complexity index is 873. The van der Waals surface area contributed by atoms with Crippen molar-refractivity contribution in [2.75, 3.05) is 11.9 Å². The van der Waals surface area contributed by atoms with Crippen molar-refractivity contribution in [2.24, 2.45) is 0 Å². The first-order chi connectivity index (χ1) is 12.8. The molecule has 6 nitrogen and oxygen atoms in total. The normalized spacial score (nSPS) is 11.4. The van der Waals surface area contributed by atoms with Crippen LogP contribution in [0.25, 0.3) is 0 Å². The molecule has 0 saturated heterocycles. The molecule has 27 heavy (non-hydrogen) atoms. The third kappa shape index (κ3) is 5.79. The number of benzene rings is 2. The van der Waals surface area contributed by atoms with E-state index in [9.17, 15) is 18.8 Å². The summed E-state index contributed by atoms with van der Waals surface area (Å²) in [6.45, 7) is 2.69. The molecule has 2 aromatic carbocycles. The Morgan fingerprint density at radius 3 is 2.59 bits per heavy atom. The lowest BCUT2D eigenvalue weighted by molar-refractivity contribution is -0.152. The minimum atomic E-state index is -1.10. The third-order valence-corrected chi connectivity index (χ3v) is 3.88. The molecule has 0 saturated carbocycles. The maximum Gasteiger partial charge on any atom is 0.326 e. The maximum atomic E-state index is 13.5. The fourth-order valence-corrected chi connectivity index (χ4v) is 2.32. The van der Waals surface area contributed by atoms with Crippen molar-refractivity contribution < 1.29 is 23.5 Å². The van der Waals surface area contributed by atoms with Gasteiger partial charge in [0.1, 0.15) is 12.4 Å². The van der Waals surface area contributed by atoms with Crippen LogP contribution in [-0.4, -0.2) is 30.4 Å². The first-order valence-electron chi connectivity index (χ1n) is 8.07. The molecule has 0 bridgehead atoms. The van der Waals surface area contributed by atoms with Crippen molar-refractivity contribution in [3.8, 4) is 0 Å². The summed E-state index contributed by atoms with van der Waals surface area (Å²) in [5.74, 6) is -2.83. The topological polar surface area (TPSA) is 84.5 Å². The zero-order valence-electron chi connectivity index (χ0n) is 14.7. The van der Waals surface area contributed by atoms with Gasteiger partial charge < -0.3 is 15.4 Å². The zero-order chi connectivity index (χ0) is 20.0. The van der Waals surface area contributed by atoms with Gasteiger partial charge in [-0.1, -0.05) is 29.8 Å². The van der Waals surface area contributed by atoms with Crippen LogP contribution in [0.1, 0.15) is 22.8 Å². The van der Waals surface area contributed by atoms with Crippen LogP contribution in [0.2, 0.25) is 5.02 Å². The molecule has 2 amide bonds. The smallest absolute Gasteiger partial charge is 0.326 e. The molecule has 8 heteroatoms. The lowest BCUT2D eigenvalue weighted by Gasteiger charge is -2.15. The van der Waals surface area contributed by atoms with Crippen molar-refractivity contribution in [1.82, 2.24) is 5.32 Å². The average molecular weight is 393 g/mol. The van der Waals surface area contributed by atoms with Crippen LogP contribution in [0.5, 0.6) is 0 Å². The molecule has 0 radical (unpaired) electrons. The second-order valence-corrected chi connectivity index (χ2v) is 6.18. The van der Waals surface area contributed by atoms with Crippen LogP contribution in [0.15, 0.2) is 42.5 Å². The molecule has 0 spiro atoms. The first kappa shape index (κ1) is 20.4. The van der Waals surface area contributed by atoms with Gasteiger partial charge in [0.2, 0.25) is 0 Å². The summed E-state index contributed by atoms with van der Waals surface area (Å²) >= 11 is 5.89. The van der Waals surface area contributed by atoms with Gasteiger partial charge in [0.15, 0.2) is 6.10 Å². The number of aryl methyl sites for hydroxylation is 1. The van der Waals surface area contributed by atoms with Gasteiger partial charge in [-0.05, 0) is 43.7 Å². The van der Waals surface area contributed by atoms with Crippen LogP contribution >= 0.6 is 11.6 Å². The van der Waals surface area contributed by atoms with Crippen molar-refractivity contribution in [2.45, 2.75) is 20.0 Å². The number of esters is 1. The van der Waals surface area contributed by atoms with Crippen LogP contribution in [0.3, 0.4) is 0 Å². The second kappa shape index (κ2) is 9.14. The molecule has 2 rings (SSSR count). The Kier molecular flexibility index (Phi) is 6.90. The predicted octanol–water partition coefficient (Wildman–Crippen LogP) is 3.09. The number of carbonyl (C=O) groups excluding carboxylic acids is 3. The summed E-state index contributed by atoms with van der Waals surface area (Å²) in [6, 6.07) is 10.4. The largest absolute Gasteiger partial charge is 0.451 e. The fourth-order valence-electron chi connectivity index (χ4n) is 2.15. The van der Waals surface area contributed by atoms with Gasteiger partial charge in [0.25, 0.3) is 11.8 Å². The summed E-state index contributed by atoms with van der Waals surface area (Å²) < 4.78 is 18.5. The van der Waals surface area contributed by atoms with Gasteiger partial charge in [0, 0.05) is 10.7 Å². The van der Waals surface area contributed by atoms with E-state index < -0.39 is 36.2 Å². The summed E-state index contributed by atoms with van der Waals surface area (Å²) in [7, 11) is 0. The van der Waals surface area contributed by atoms with Crippen molar-refractivity contribution in [1.29, 1.82) is 0 Å². The SMILES string of the molecule is Cc1ccc(Cl)cc1NC(=O)C(C)OC(=O)CNC(=O)c1ccccc1F. The summed E-state index contributed by atoms with van der Waals surface area (Å²) in [4.78, 5) is 35.8. The predicted molar refractivity (Wildman–Crippen MR) is 99.1 cm³/mol. The van der Waals surface area contributed by atoms with Crippen molar-refractivity contribution in [3.63, 3.8) is 0 Å². The Morgan fingerprint density at radius 2 is 1.89 bits per heavy atom. The summed E-state index contributed by atoms with van der Waals surface area (Å²) in [5, 5.41) is 5.32. The molecule has 142 valence electrons. The Morgan fingerprint density at radius 1 is 1.19 bits per heavy atom. The van der Waals surface area contributed by atoms with Gasteiger partial charge in [-0.15, -0.1) is 0 Å². The minimum Gasteiger partial charge on any atom is -0.451 e. The number of nitrogens with one attached hydrogen (secondary N) is 2. The number of ether oxygens (including phenoxy) is 1. The lowest BCUT2D eigenvalue weighted by Crippen LogP contribution is -2.36. The molecular weight excluding hydrogens is 375 g/mol. The van der Waals surface area contributed by atoms with Crippen molar-refractivity contribution in [3.05, 3.63) is 64.4 Å². The van der Waals surface area contributed by atoms with Gasteiger partial charge >= 0.3 is 5.97 Å². The minimum absolute atomic E-state index is 0.187. The van der Waals surface area contributed by atoms with Gasteiger partial charge in [-0.2, -0.15) is 0 Å². The second-order valence-electron chi connectivity index (χ2n) is 5.74. The molecule has 0 aliphatic rings. The highest BCUT2D eigenvalue weighted by Crippen LogP contribution is 2.20. The van der Waals surface area contributed by atoms with E-state index in [1.807, 2.05) is 0 Å².